The van der Waals surface area contributed by atoms with E-state index in [0.717, 1.165) is 37.7 Å². The Bertz CT molecular complexity index is 712. The summed E-state index contributed by atoms with van der Waals surface area (Å²) in [6.07, 6.45) is 1.99. The Morgan fingerprint density at radius 3 is 2.96 bits per heavy atom. The minimum absolute atomic E-state index is 0.0918. The van der Waals surface area contributed by atoms with Crippen LogP contribution < -0.4 is 5.32 Å². The van der Waals surface area contributed by atoms with Gasteiger partial charge in [-0.3, -0.25) is 4.90 Å². The van der Waals surface area contributed by atoms with E-state index in [1.807, 2.05) is 11.1 Å². The first-order valence-corrected chi connectivity index (χ1v) is 8.79. The van der Waals surface area contributed by atoms with Crippen LogP contribution in [0.25, 0.3) is 10.6 Å². The number of aryl methyl sites for hydroxylation is 1. The lowest BCUT2D eigenvalue weighted by molar-refractivity contribution is 0.117. The molecule has 1 aromatic heterocycles. The molecule has 1 N–H and O–H groups in total. The lowest BCUT2D eigenvalue weighted by atomic mass is 10.2. The maximum absolute atomic E-state index is 11.6. The van der Waals surface area contributed by atoms with Crippen molar-refractivity contribution in [1.82, 2.24) is 20.1 Å². The van der Waals surface area contributed by atoms with E-state index in [1.165, 1.54) is 16.0 Å². The minimum atomic E-state index is 0.0918. The molecule has 0 radical (unpaired) electrons. The molecule has 2 aromatic rings. The van der Waals surface area contributed by atoms with Gasteiger partial charge in [0, 0.05) is 49.4 Å². The van der Waals surface area contributed by atoms with E-state index in [9.17, 15) is 4.79 Å². The van der Waals surface area contributed by atoms with Gasteiger partial charge in [0.1, 0.15) is 5.01 Å². The Morgan fingerprint density at radius 1 is 1.30 bits per heavy atom. The molecule has 6 heteroatoms. The predicted octanol–water partition coefficient (Wildman–Crippen LogP) is 2.33. The summed E-state index contributed by atoms with van der Waals surface area (Å²) in [4.78, 5) is 21.9. The molecular formula is C17H20N4OS. The zero-order valence-electron chi connectivity index (χ0n) is 13.2. The third-order valence-corrected chi connectivity index (χ3v) is 5.58. The van der Waals surface area contributed by atoms with Crippen LogP contribution >= 0.6 is 11.3 Å². The minimum Gasteiger partial charge on any atom is -0.336 e. The van der Waals surface area contributed by atoms with Gasteiger partial charge in [-0.25, -0.2) is 9.78 Å². The van der Waals surface area contributed by atoms with E-state index >= 15 is 0 Å². The number of fused-ring (bicyclic) bond motifs is 1. The van der Waals surface area contributed by atoms with Gasteiger partial charge in [-0.1, -0.05) is 29.8 Å². The van der Waals surface area contributed by atoms with E-state index < -0.39 is 0 Å². The summed E-state index contributed by atoms with van der Waals surface area (Å²) in [5.41, 5.74) is 2.45. The van der Waals surface area contributed by atoms with Gasteiger partial charge >= 0.3 is 6.03 Å². The number of urea groups is 1. The maximum atomic E-state index is 11.6. The molecule has 4 rings (SSSR count). The van der Waals surface area contributed by atoms with Gasteiger partial charge in [-0.2, -0.15) is 0 Å². The van der Waals surface area contributed by atoms with Gasteiger partial charge in [-0.05, 0) is 6.92 Å². The van der Waals surface area contributed by atoms with Crippen LogP contribution in [0.5, 0.6) is 0 Å². The van der Waals surface area contributed by atoms with Crippen LogP contribution in [0.1, 0.15) is 10.4 Å². The molecule has 0 spiro atoms. The number of carbonyl (C=O) groups is 1. The zero-order valence-corrected chi connectivity index (χ0v) is 14.0. The van der Waals surface area contributed by atoms with Gasteiger partial charge in [0.25, 0.3) is 0 Å². The van der Waals surface area contributed by atoms with Crippen LogP contribution in [0.4, 0.5) is 4.79 Å². The van der Waals surface area contributed by atoms with Crippen molar-refractivity contribution < 1.29 is 4.79 Å². The number of thiazole rings is 1. The largest absolute Gasteiger partial charge is 0.336 e. The summed E-state index contributed by atoms with van der Waals surface area (Å²) in [6.45, 7) is 6.48. The molecule has 0 saturated carbocycles. The number of benzene rings is 1. The number of piperazine rings is 1. The first kappa shape index (κ1) is 14.7. The number of hydrogen-bond acceptors (Lipinski definition) is 4. The van der Waals surface area contributed by atoms with Crippen LogP contribution in [-0.2, 0) is 6.54 Å². The van der Waals surface area contributed by atoms with E-state index in [4.69, 9.17) is 0 Å². The van der Waals surface area contributed by atoms with Gasteiger partial charge in [0.05, 0.1) is 6.04 Å². The Kier molecular flexibility index (Phi) is 3.79. The van der Waals surface area contributed by atoms with Crippen molar-refractivity contribution in [3.63, 3.8) is 0 Å². The molecule has 0 aliphatic carbocycles. The maximum Gasteiger partial charge on any atom is 0.317 e. The van der Waals surface area contributed by atoms with Crippen molar-refractivity contribution in [3.05, 3.63) is 40.9 Å². The van der Waals surface area contributed by atoms with Crippen molar-refractivity contribution in [2.75, 3.05) is 26.2 Å². The Balaban J connectivity index is 1.42. The van der Waals surface area contributed by atoms with Crippen molar-refractivity contribution in [2.24, 2.45) is 0 Å². The molecule has 3 heterocycles. The van der Waals surface area contributed by atoms with Crippen LogP contribution in [0, 0.1) is 6.92 Å². The van der Waals surface area contributed by atoms with E-state index in [1.54, 1.807) is 11.3 Å². The highest BCUT2D eigenvalue weighted by molar-refractivity contribution is 7.15. The molecule has 2 aliphatic heterocycles. The summed E-state index contributed by atoms with van der Waals surface area (Å²) < 4.78 is 0. The summed E-state index contributed by atoms with van der Waals surface area (Å²) in [5.74, 6) is 0. The predicted molar refractivity (Wildman–Crippen MR) is 91.5 cm³/mol. The summed E-state index contributed by atoms with van der Waals surface area (Å²) in [6, 6.07) is 8.92. The quantitative estimate of drug-likeness (QED) is 0.941. The van der Waals surface area contributed by atoms with Crippen molar-refractivity contribution in [1.29, 1.82) is 0 Å². The number of amides is 2. The molecule has 5 nitrogen and oxygen atoms in total. The highest BCUT2D eigenvalue weighted by atomic mass is 32.1. The van der Waals surface area contributed by atoms with Crippen LogP contribution in [-0.4, -0.2) is 53.0 Å². The Labute approximate surface area is 139 Å². The van der Waals surface area contributed by atoms with Crippen LogP contribution in [0.3, 0.4) is 0 Å². The lowest BCUT2D eigenvalue weighted by Gasteiger charge is -2.36. The smallest absolute Gasteiger partial charge is 0.317 e. The molecule has 0 unspecified atom stereocenters. The van der Waals surface area contributed by atoms with Crippen molar-refractivity contribution in [2.45, 2.75) is 19.5 Å². The normalized spacial score (nSPS) is 21.3. The Morgan fingerprint density at radius 2 is 2.13 bits per heavy atom. The second-order valence-corrected chi connectivity index (χ2v) is 7.38. The standard InChI is InChI=1S/C17H20N4OS/c1-12-2-4-13(5-3-12)16-18-9-15(23-16)11-20-6-7-21-14(10-20)8-19-17(21)22/h2-5,9,14H,6-8,10-11H2,1H3,(H,19,22)/t14-/m1/s1. The monoisotopic (exact) mass is 328 g/mol. The van der Waals surface area contributed by atoms with Crippen LogP contribution in [0.2, 0.25) is 0 Å². The topological polar surface area (TPSA) is 48.5 Å². The third kappa shape index (κ3) is 2.96. The zero-order chi connectivity index (χ0) is 15.8. The first-order valence-electron chi connectivity index (χ1n) is 7.97. The molecule has 1 atom stereocenters. The SMILES string of the molecule is Cc1ccc(-c2ncc(CN3CCN4C(=O)NC[C@@H]4C3)s2)cc1. The molecule has 23 heavy (non-hydrogen) atoms. The average Bonchev–Trinajstić information content (AvgIpc) is 3.16. The van der Waals surface area contributed by atoms with Gasteiger partial charge in [0.2, 0.25) is 0 Å². The summed E-state index contributed by atoms with van der Waals surface area (Å²) in [5, 5.41) is 4.01. The van der Waals surface area contributed by atoms with E-state index in [0.29, 0.717) is 6.04 Å². The summed E-state index contributed by atoms with van der Waals surface area (Å²) >= 11 is 1.76. The average molecular weight is 328 g/mol. The number of hydrogen-bond donors (Lipinski definition) is 1. The highest BCUT2D eigenvalue weighted by Gasteiger charge is 2.35. The highest BCUT2D eigenvalue weighted by Crippen LogP contribution is 2.27. The van der Waals surface area contributed by atoms with Crippen molar-refractivity contribution in [3.8, 4) is 10.6 Å². The molecule has 2 amide bonds. The number of carbonyl (C=O) groups excluding carboxylic acids is 1. The number of nitrogens with one attached hydrogen (secondary N) is 1. The van der Waals surface area contributed by atoms with E-state index in [2.05, 4.69) is 46.4 Å². The third-order valence-electron chi connectivity index (χ3n) is 4.55. The summed E-state index contributed by atoms with van der Waals surface area (Å²) in [7, 11) is 0. The fraction of sp³-hybridized carbons (Fsp3) is 0.412. The van der Waals surface area contributed by atoms with Gasteiger partial charge < -0.3 is 10.2 Å². The van der Waals surface area contributed by atoms with Gasteiger partial charge in [-0.15, -0.1) is 11.3 Å². The fourth-order valence-corrected chi connectivity index (χ4v) is 4.20. The second-order valence-electron chi connectivity index (χ2n) is 6.27. The number of rotatable bonds is 3. The fourth-order valence-electron chi connectivity index (χ4n) is 3.24. The Hall–Kier alpha value is -1.92. The van der Waals surface area contributed by atoms with E-state index in [-0.39, 0.29) is 6.03 Å². The molecular weight excluding hydrogens is 308 g/mol. The number of nitrogens with zero attached hydrogens (tertiary/aromatic N) is 3. The lowest BCUT2D eigenvalue weighted by Crippen LogP contribution is -2.51. The van der Waals surface area contributed by atoms with Gasteiger partial charge in [0.15, 0.2) is 0 Å². The molecule has 2 saturated heterocycles. The first-order chi connectivity index (χ1) is 11.2. The second kappa shape index (κ2) is 5.94. The molecule has 120 valence electrons. The number of aromatic nitrogens is 1. The van der Waals surface area contributed by atoms with Crippen molar-refractivity contribution >= 4 is 17.4 Å². The molecule has 0 bridgehead atoms. The molecule has 1 aromatic carbocycles. The van der Waals surface area contributed by atoms with Crippen LogP contribution in [0.15, 0.2) is 30.5 Å². The molecule has 2 fully saturated rings. The molecule has 2 aliphatic rings.